The second kappa shape index (κ2) is 6.45. The van der Waals surface area contributed by atoms with Gasteiger partial charge in [-0.05, 0) is 31.5 Å². The molecular weight excluding hydrogens is 328 g/mol. The van der Waals surface area contributed by atoms with Crippen LogP contribution in [0.4, 0.5) is 0 Å². The largest absolute Gasteiger partial charge is 0.351 e. The Balaban J connectivity index is 0.00000169. The quantitative estimate of drug-likeness (QED) is 0.771. The van der Waals surface area contributed by atoms with Gasteiger partial charge in [-0.3, -0.25) is 14.0 Å². The maximum Gasteiger partial charge on any atom is 0.269 e. The van der Waals surface area contributed by atoms with Gasteiger partial charge in [0, 0.05) is 31.0 Å². The molecule has 8 heteroatoms. The first kappa shape index (κ1) is 16.2. The van der Waals surface area contributed by atoms with Gasteiger partial charge < -0.3 is 5.32 Å². The lowest BCUT2D eigenvalue weighted by atomic mass is 10.2. The van der Waals surface area contributed by atoms with Crippen LogP contribution in [0.5, 0.6) is 0 Å². The Bertz CT molecular complexity index is 884. The van der Waals surface area contributed by atoms with Gasteiger partial charge in [-0.25, -0.2) is 9.97 Å². The molecule has 4 heterocycles. The topological polar surface area (TPSA) is 77.6 Å². The summed E-state index contributed by atoms with van der Waals surface area (Å²) in [6.07, 6.45) is 6.28. The monoisotopic (exact) mass is 344 g/mol. The van der Waals surface area contributed by atoms with Crippen molar-refractivity contribution in [3.63, 3.8) is 0 Å². The normalized spacial score (nSPS) is 13.6. The van der Waals surface area contributed by atoms with E-state index in [9.17, 15) is 4.79 Å². The van der Waals surface area contributed by atoms with E-state index in [1.54, 1.807) is 17.2 Å². The first-order valence-corrected chi connectivity index (χ1v) is 7.54. The van der Waals surface area contributed by atoms with Crippen molar-refractivity contribution < 1.29 is 4.79 Å². The fourth-order valence-electron chi connectivity index (χ4n) is 2.70. The molecule has 1 aliphatic rings. The number of carbonyl (C=O) groups excluding carboxylic acids is 1. The van der Waals surface area contributed by atoms with Gasteiger partial charge in [0.15, 0.2) is 0 Å². The van der Waals surface area contributed by atoms with Gasteiger partial charge in [-0.1, -0.05) is 0 Å². The van der Waals surface area contributed by atoms with E-state index in [0.29, 0.717) is 12.2 Å². The third-order valence-corrected chi connectivity index (χ3v) is 3.86. The molecule has 0 spiro atoms. The summed E-state index contributed by atoms with van der Waals surface area (Å²) in [5.74, 6) is 0.705. The van der Waals surface area contributed by atoms with Crippen molar-refractivity contribution in [2.45, 2.75) is 19.9 Å². The van der Waals surface area contributed by atoms with E-state index in [2.05, 4.69) is 20.4 Å². The predicted octanol–water partition coefficient (Wildman–Crippen LogP) is 1.99. The van der Waals surface area contributed by atoms with Crippen molar-refractivity contribution in [3.05, 3.63) is 48.3 Å². The minimum Gasteiger partial charge on any atom is -0.351 e. The lowest BCUT2D eigenvalue weighted by Crippen LogP contribution is -2.22. The van der Waals surface area contributed by atoms with Gasteiger partial charge in [0.1, 0.15) is 17.8 Å². The van der Waals surface area contributed by atoms with Crippen molar-refractivity contribution in [2.24, 2.45) is 0 Å². The summed E-state index contributed by atoms with van der Waals surface area (Å²) in [5.41, 5.74) is 3.24. The highest BCUT2D eigenvalue weighted by molar-refractivity contribution is 5.93. The SMILES string of the molecule is Cc1cn(-c2cc(-c3cc4n(n3)CCCNC4=O)ccn2)cn1.Cl. The zero-order valence-corrected chi connectivity index (χ0v) is 14.0. The van der Waals surface area contributed by atoms with Gasteiger partial charge in [0.25, 0.3) is 5.91 Å². The maximum absolute atomic E-state index is 12.0. The summed E-state index contributed by atoms with van der Waals surface area (Å²) in [4.78, 5) is 20.6. The molecule has 4 rings (SSSR count). The number of hydrogen-bond acceptors (Lipinski definition) is 4. The Labute approximate surface area is 145 Å². The minimum atomic E-state index is -0.0687. The summed E-state index contributed by atoms with van der Waals surface area (Å²) >= 11 is 0. The third-order valence-electron chi connectivity index (χ3n) is 3.86. The number of hydrogen-bond donors (Lipinski definition) is 1. The minimum absolute atomic E-state index is 0. The van der Waals surface area contributed by atoms with Crippen LogP contribution in [0.15, 0.2) is 36.9 Å². The van der Waals surface area contributed by atoms with Crippen molar-refractivity contribution in [3.8, 4) is 17.1 Å². The summed E-state index contributed by atoms with van der Waals surface area (Å²) in [5, 5.41) is 7.46. The molecule has 0 atom stereocenters. The van der Waals surface area contributed by atoms with Gasteiger partial charge in [-0.15, -0.1) is 12.4 Å². The van der Waals surface area contributed by atoms with Crippen molar-refractivity contribution in [1.82, 2.24) is 29.6 Å². The maximum atomic E-state index is 12.0. The number of amides is 1. The molecule has 0 saturated carbocycles. The molecule has 24 heavy (non-hydrogen) atoms. The second-order valence-electron chi connectivity index (χ2n) is 5.57. The van der Waals surface area contributed by atoms with Crippen LogP contribution in [0.2, 0.25) is 0 Å². The van der Waals surface area contributed by atoms with Gasteiger partial charge >= 0.3 is 0 Å². The molecule has 7 nitrogen and oxygen atoms in total. The number of pyridine rings is 1. The van der Waals surface area contributed by atoms with E-state index in [1.807, 2.05) is 35.9 Å². The highest BCUT2D eigenvalue weighted by Crippen LogP contribution is 2.22. The molecule has 0 fully saturated rings. The average molecular weight is 345 g/mol. The fourth-order valence-corrected chi connectivity index (χ4v) is 2.70. The molecule has 0 radical (unpaired) electrons. The predicted molar refractivity (Wildman–Crippen MR) is 91.5 cm³/mol. The van der Waals surface area contributed by atoms with E-state index in [0.717, 1.165) is 35.7 Å². The van der Waals surface area contributed by atoms with Crippen LogP contribution in [0, 0.1) is 6.92 Å². The molecule has 0 saturated heterocycles. The number of rotatable bonds is 2. The Morgan fingerprint density at radius 3 is 2.92 bits per heavy atom. The summed E-state index contributed by atoms with van der Waals surface area (Å²) in [6.45, 7) is 3.37. The average Bonchev–Trinajstić information content (AvgIpc) is 3.14. The van der Waals surface area contributed by atoms with E-state index in [1.165, 1.54) is 0 Å². The molecule has 1 amide bonds. The lowest BCUT2D eigenvalue weighted by Gasteiger charge is -2.03. The van der Waals surface area contributed by atoms with Crippen LogP contribution < -0.4 is 5.32 Å². The molecule has 0 aliphatic carbocycles. The molecule has 0 aromatic carbocycles. The van der Waals surface area contributed by atoms with E-state index >= 15 is 0 Å². The lowest BCUT2D eigenvalue weighted by molar-refractivity contribution is 0.0950. The summed E-state index contributed by atoms with van der Waals surface area (Å²) in [6, 6.07) is 5.67. The molecule has 0 bridgehead atoms. The molecule has 3 aromatic rings. The highest BCUT2D eigenvalue weighted by Gasteiger charge is 2.18. The highest BCUT2D eigenvalue weighted by atomic mass is 35.5. The van der Waals surface area contributed by atoms with Gasteiger partial charge in [-0.2, -0.15) is 5.10 Å². The molecule has 0 unspecified atom stereocenters. The standard InChI is InChI=1S/C16H16N6O.ClH/c1-11-9-21(10-19-11)15-7-12(3-5-17-15)13-8-14-16(23)18-4-2-6-22(14)20-13;/h3,5,7-10H,2,4,6H2,1H3,(H,18,23);1H. The van der Waals surface area contributed by atoms with E-state index in [-0.39, 0.29) is 18.3 Å². The number of nitrogens with one attached hydrogen (secondary N) is 1. The van der Waals surface area contributed by atoms with Crippen LogP contribution >= 0.6 is 12.4 Å². The van der Waals surface area contributed by atoms with E-state index in [4.69, 9.17) is 0 Å². The van der Waals surface area contributed by atoms with Crippen LogP contribution in [0.25, 0.3) is 17.1 Å². The molecule has 1 aliphatic heterocycles. The fraction of sp³-hybridized carbons (Fsp3) is 0.250. The number of nitrogens with zero attached hydrogens (tertiary/aromatic N) is 5. The number of fused-ring (bicyclic) bond motifs is 1. The molecule has 3 aromatic heterocycles. The van der Waals surface area contributed by atoms with Crippen LogP contribution in [-0.2, 0) is 6.54 Å². The Morgan fingerprint density at radius 2 is 2.12 bits per heavy atom. The van der Waals surface area contributed by atoms with E-state index < -0.39 is 0 Å². The molecule has 1 N–H and O–H groups in total. The first-order chi connectivity index (χ1) is 11.2. The Morgan fingerprint density at radius 1 is 1.25 bits per heavy atom. The number of aromatic nitrogens is 5. The van der Waals surface area contributed by atoms with Crippen LogP contribution in [0.1, 0.15) is 22.6 Å². The van der Waals surface area contributed by atoms with Gasteiger partial charge in [0.05, 0.1) is 11.4 Å². The summed E-state index contributed by atoms with van der Waals surface area (Å²) in [7, 11) is 0. The number of carbonyl (C=O) groups is 1. The van der Waals surface area contributed by atoms with Gasteiger partial charge in [0.2, 0.25) is 0 Å². The smallest absolute Gasteiger partial charge is 0.269 e. The Kier molecular flexibility index (Phi) is 4.35. The second-order valence-corrected chi connectivity index (χ2v) is 5.57. The molecule has 124 valence electrons. The summed E-state index contributed by atoms with van der Waals surface area (Å²) < 4.78 is 3.64. The Hall–Kier alpha value is -2.67. The number of imidazole rings is 1. The molecular formula is C16H17ClN6O. The van der Waals surface area contributed by atoms with Crippen molar-refractivity contribution >= 4 is 18.3 Å². The number of aryl methyl sites for hydroxylation is 2. The zero-order chi connectivity index (χ0) is 15.8. The third kappa shape index (κ3) is 2.90. The van der Waals surface area contributed by atoms with Crippen LogP contribution in [0.3, 0.4) is 0 Å². The first-order valence-electron chi connectivity index (χ1n) is 7.54. The van der Waals surface area contributed by atoms with Crippen molar-refractivity contribution in [1.29, 1.82) is 0 Å². The number of halogens is 1. The van der Waals surface area contributed by atoms with Crippen molar-refractivity contribution in [2.75, 3.05) is 6.54 Å². The zero-order valence-electron chi connectivity index (χ0n) is 13.1. The van der Waals surface area contributed by atoms with Crippen LogP contribution in [-0.4, -0.2) is 36.8 Å².